The van der Waals surface area contributed by atoms with Gasteiger partial charge in [0, 0.05) is 6.07 Å². The molecule has 0 aromatic heterocycles. The Kier molecular flexibility index (Phi) is 3.54. The summed E-state index contributed by atoms with van der Waals surface area (Å²) in [7, 11) is 0. The summed E-state index contributed by atoms with van der Waals surface area (Å²) in [6.07, 6.45) is 0.292. The minimum absolute atomic E-state index is 0.140. The lowest BCUT2D eigenvalue weighted by Crippen LogP contribution is -2.05. The van der Waals surface area contributed by atoms with E-state index in [-0.39, 0.29) is 22.3 Å². The van der Waals surface area contributed by atoms with Crippen LogP contribution in [-0.4, -0.2) is 11.5 Å². The zero-order chi connectivity index (χ0) is 10.7. The van der Waals surface area contributed by atoms with E-state index in [9.17, 15) is 14.5 Å². The van der Waals surface area contributed by atoms with E-state index in [4.69, 9.17) is 5.73 Å². The first-order valence-corrected chi connectivity index (χ1v) is 4.68. The average Bonchev–Trinajstić information content (AvgIpc) is 2.09. The molecule has 0 spiro atoms. The molecular formula is C8H8BrFN2O2. The Labute approximate surface area is 88.2 Å². The molecule has 0 aliphatic heterocycles. The topological polar surface area (TPSA) is 69.2 Å². The Morgan fingerprint density at radius 2 is 2.21 bits per heavy atom. The van der Waals surface area contributed by atoms with Gasteiger partial charge in [-0.15, -0.1) is 0 Å². The second-order valence-corrected chi connectivity index (χ2v) is 3.55. The van der Waals surface area contributed by atoms with Crippen LogP contribution in [0.15, 0.2) is 16.6 Å². The number of halogens is 2. The normalized spacial score (nSPS) is 10.2. The molecule has 1 aromatic carbocycles. The predicted molar refractivity (Wildman–Crippen MR) is 53.5 cm³/mol. The number of hydrogen-bond donors (Lipinski definition) is 1. The Hall–Kier alpha value is -1.01. The average molecular weight is 263 g/mol. The van der Waals surface area contributed by atoms with Crippen molar-refractivity contribution in [2.75, 3.05) is 6.54 Å². The lowest BCUT2D eigenvalue weighted by atomic mass is 10.1. The third-order valence-corrected chi connectivity index (χ3v) is 2.36. The molecule has 0 heterocycles. The van der Waals surface area contributed by atoms with E-state index in [0.29, 0.717) is 6.42 Å². The van der Waals surface area contributed by atoms with Gasteiger partial charge in [-0.05, 0) is 40.5 Å². The van der Waals surface area contributed by atoms with Crippen LogP contribution >= 0.6 is 15.9 Å². The van der Waals surface area contributed by atoms with Crippen molar-refractivity contribution in [3.05, 3.63) is 38.1 Å². The third kappa shape index (κ3) is 2.27. The highest BCUT2D eigenvalue weighted by Gasteiger charge is 2.15. The molecule has 4 nitrogen and oxygen atoms in total. The van der Waals surface area contributed by atoms with Gasteiger partial charge in [-0.1, -0.05) is 0 Å². The molecule has 14 heavy (non-hydrogen) atoms. The molecule has 0 saturated heterocycles. The molecule has 0 fully saturated rings. The van der Waals surface area contributed by atoms with Crippen LogP contribution in [0.3, 0.4) is 0 Å². The van der Waals surface area contributed by atoms with E-state index in [1.54, 1.807) is 0 Å². The summed E-state index contributed by atoms with van der Waals surface area (Å²) < 4.78 is 13.3. The lowest BCUT2D eigenvalue weighted by molar-refractivity contribution is -0.385. The van der Waals surface area contributed by atoms with Gasteiger partial charge < -0.3 is 5.73 Å². The molecule has 0 atom stereocenters. The van der Waals surface area contributed by atoms with Gasteiger partial charge in [-0.2, -0.15) is 0 Å². The minimum Gasteiger partial charge on any atom is -0.330 e. The standard InChI is InChI=1S/C8H8BrFN2O2/c9-6-4-7(10)5(1-2-11)3-8(6)12(13)14/h3-4H,1-2,11H2. The highest BCUT2D eigenvalue weighted by molar-refractivity contribution is 9.10. The summed E-state index contributed by atoms with van der Waals surface area (Å²) in [6.45, 7) is 0.260. The van der Waals surface area contributed by atoms with Gasteiger partial charge in [0.1, 0.15) is 5.82 Å². The smallest absolute Gasteiger partial charge is 0.283 e. The van der Waals surface area contributed by atoms with Crippen molar-refractivity contribution in [3.63, 3.8) is 0 Å². The summed E-state index contributed by atoms with van der Waals surface area (Å²) in [6, 6.07) is 2.29. The fraction of sp³-hybridized carbons (Fsp3) is 0.250. The van der Waals surface area contributed by atoms with E-state index >= 15 is 0 Å². The van der Waals surface area contributed by atoms with Gasteiger partial charge in [0.15, 0.2) is 0 Å². The first-order chi connectivity index (χ1) is 6.56. The maximum Gasteiger partial charge on any atom is 0.283 e. The van der Waals surface area contributed by atoms with E-state index in [0.717, 1.165) is 6.07 Å². The van der Waals surface area contributed by atoms with Crippen LogP contribution in [0.25, 0.3) is 0 Å². The summed E-state index contributed by atoms with van der Waals surface area (Å²) in [5.74, 6) is -0.479. The van der Waals surface area contributed by atoms with Crippen molar-refractivity contribution in [2.24, 2.45) is 5.73 Å². The first kappa shape index (κ1) is 11.1. The largest absolute Gasteiger partial charge is 0.330 e. The second kappa shape index (κ2) is 4.47. The van der Waals surface area contributed by atoms with E-state index in [2.05, 4.69) is 15.9 Å². The van der Waals surface area contributed by atoms with Gasteiger partial charge in [-0.3, -0.25) is 10.1 Å². The number of nitro benzene ring substituents is 1. The van der Waals surface area contributed by atoms with Crippen molar-refractivity contribution in [1.82, 2.24) is 0 Å². The summed E-state index contributed by atoms with van der Waals surface area (Å²) in [5.41, 5.74) is 5.37. The molecule has 76 valence electrons. The van der Waals surface area contributed by atoms with Crippen LogP contribution in [0.1, 0.15) is 5.56 Å². The summed E-state index contributed by atoms with van der Waals surface area (Å²) in [4.78, 5) is 9.95. The van der Waals surface area contributed by atoms with Crippen molar-refractivity contribution in [2.45, 2.75) is 6.42 Å². The van der Waals surface area contributed by atoms with Gasteiger partial charge in [0.2, 0.25) is 0 Å². The number of benzene rings is 1. The Balaban J connectivity index is 3.20. The molecule has 0 saturated carbocycles. The molecule has 6 heteroatoms. The molecule has 1 rings (SSSR count). The molecule has 0 unspecified atom stereocenters. The predicted octanol–water partition coefficient (Wildman–Crippen LogP) is 2.00. The van der Waals surface area contributed by atoms with Crippen LogP contribution in [0.5, 0.6) is 0 Å². The molecule has 0 radical (unpaired) electrons. The number of nitrogens with two attached hydrogens (primary N) is 1. The quantitative estimate of drug-likeness (QED) is 0.669. The lowest BCUT2D eigenvalue weighted by Gasteiger charge is -2.02. The number of hydrogen-bond acceptors (Lipinski definition) is 3. The summed E-state index contributed by atoms with van der Waals surface area (Å²) in [5, 5.41) is 10.5. The Morgan fingerprint density at radius 3 is 2.71 bits per heavy atom. The second-order valence-electron chi connectivity index (χ2n) is 2.69. The minimum atomic E-state index is -0.566. The zero-order valence-corrected chi connectivity index (χ0v) is 8.75. The maximum absolute atomic E-state index is 13.2. The van der Waals surface area contributed by atoms with Crippen LogP contribution in [0.4, 0.5) is 10.1 Å². The molecule has 0 aliphatic rings. The van der Waals surface area contributed by atoms with Gasteiger partial charge in [0.25, 0.3) is 5.69 Å². The van der Waals surface area contributed by atoms with Gasteiger partial charge >= 0.3 is 0 Å². The SMILES string of the molecule is NCCc1cc([N+](=O)[O-])c(Br)cc1F. The van der Waals surface area contributed by atoms with Gasteiger partial charge in [0.05, 0.1) is 9.40 Å². The molecule has 0 aliphatic carbocycles. The van der Waals surface area contributed by atoms with Crippen LogP contribution < -0.4 is 5.73 Å². The highest BCUT2D eigenvalue weighted by atomic mass is 79.9. The molecular weight excluding hydrogens is 255 g/mol. The molecule has 0 amide bonds. The first-order valence-electron chi connectivity index (χ1n) is 3.88. The van der Waals surface area contributed by atoms with Crippen LogP contribution in [0.2, 0.25) is 0 Å². The van der Waals surface area contributed by atoms with E-state index in [1.165, 1.54) is 6.07 Å². The fourth-order valence-electron chi connectivity index (χ4n) is 1.07. The maximum atomic E-state index is 13.2. The van der Waals surface area contributed by atoms with E-state index < -0.39 is 10.7 Å². The molecule has 0 bridgehead atoms. The number of rotatable bonds is 3. The Morgan fingerprint density at radius 1 is 1.57 bits per heavy atom. The number of nitrogens with zero attached hydrogens (tertiary/aromatic N) is 1. The monoisotopic (exact) mass is 262 g/mol. The summed E-state index contributed by atoms with van der Waals surface area (Å²) >= 11 is 2.92. The fourth-order valence-corrected chi connectivity index (χ4v) is 1.53. The van der Waals surface area contributed by atoms with Crippen molar-refractivity contribution >= 4 is 21.6 Å². The number of nitro groups is 1. The van der Waals surface area contributed by atoms with Crippen LogP contribution in [0, 0.1) is 15.9 Å². The third-order valence-electron chi connectivity index (χ3n) is 1.73. The van der Waals surface area contributed by atoms with Gasteiger partial charge in [-0.25, -0.2) is 4.39 Å². The van der Waals surface area contributed by atoms with Crippen molar-refractivity contribution in [1.29, 1.82) is 0 Å². The van der Waals surface area contributed by atoms with Crippen molar-refractivity contribution < 1.29 is 9.31 Å². The van der Waals surface area contributed by atoms with Crippen molar-refractivity contribution in [3.8, 4) is 0 Å². The van der Waals surface area contributed by atoms with E-state index in [1.807, 2.05) is 0 Å². The molecule has 1 aromatic rings. The highest BCUT2D eigenvalue weighted by Crippen LogP contribution is 2.27. The zero-order valence-electron chi connectivity index (χ0n) is 7.17. The molecule has 2 N–H and O–H groups in total. The Bertz CT molecular complexity index is 371. The van der Waals surface area contributed by atoms with Crippen LogP contribution in [-0.2, 0) is 6.42 Å².